The molecular weight excluding hydrogens is 206 g/mol. The summed E-state index contributed by atoms with van der Waals surface area (Å²) >= 11 is 0. The fraction of sp³-hybridized carbons (Fsp3) is 0.917. The van der Waals surface area contributed by atoms with Gasteiger partial charge in [0.15, 0.2) is 0 Å². The molecule has 0 bridgehead atoms. The summed E-state index contributed by atoms with van der Waals surface area (Å²) in [4.78, 5) is 10.8. The van der Waals surface area contributed by atoms with E-state index in [9.17, 15) is 9.90 Å². The van der Waals surface area contributed by atoms with Crippen molar-refractivity contribution in [2.45, 2.75) is 38.7 Å². The first-order valence-corrected chi connectivity index (χ1v) is 5.79. The Balaban J connectivity index is 4.54. The Kier molecular flexibility index (Phi) is 5.42. The topological polar surface area (TPSA) is 57.5 Å². The van der Waals surface area contributed by atoms with E-state index in [1.165, 1.54) is 0 Å². The largest absolute Gasteiger partial charge is 0.481 e. The Morgan fingerprint density at radius 1 is 1.31 bits per heavy atom. The Morgan fingerprint density at radius 2 is 1.81 bits per heavy atom. The molecule has 0 spiro atoms. The highest BCUT2D eigenvalue weighted by Crippen LogP contribution is 2.23. The molecule has 4 nitrogen and oxygen atoms in total. The lowest BCUT2D eigenvalue weighted by molar-refractivity contribution is -0.877. The summed E-state index contributed by atoms with van der Waals surface area (Å²) in [7, 11) is 5.88. The Labute approximate surface area is 98.5 Å². The number of carboxylic acid groups (broad SMARTS) is 1. The quantitative estimate of drug-likeness (QED) is 0.651. The van der Waals surface area contributed by atoms with E-state index in [0.29, 0.717) is 23.4 Å². The van der Waals surface area contributed by atoms with Crippen LogP contribution in [0.5, 0.6) is 0 Å². The normalized spacial score (nSPS) is 16.2. The molecular formula is C12H26NO3+. The van der Waals surface area contributed by atoms with Crippen molar-refractivity contribution in [3.05, 3.63) is 0 Å². The lowest BCUT2D eigenvalue weighted by Gasteiger charge is -2.35. The van der Waals surface area contributed by atoms with Gasteiger partial charge in [0.1, 0.15) is 12.1 Å². The van der Waals surface area contributed by atoms with Crippen molar-refractivity contribution < 1.29 is 19.5 Å². The molecule has 0 aromatic carbocycles. The number of aliphatic hydroxyl groups is 1. The Morgan fingerprint density at radius 3 is 2.12 bits per heavy atom. The number of rotatable bonds is 7. The van der Waals surface area contributed by atoms with Gasteiger partial charge in [-0.25, -0.2) is 0 Å². The summed E-state index contributed by atoms with van der Waals surface area (Å²) in [6, 6.07) is 0. The fourth-order valence-corrected chi connectivity index (χ4v) is 1.95. The monoisotopic (exact) mass is 232 g/mol. The fourth-order valence-electron chi connectivity index (χ4n) is 1.95. The molecule has 0 saturated carbocycles. The Hall–Kier alpha value is -0.610. The van der Waals surface area contributed by atoms with Crippen molar-refractivity contribution in [2.24, 2.45) is 5.92 Å². The standard InChI is InChI=1S/C12H25NO3/c1-10(2)6-7-12(16,8-11(14)15)9-13(3,4)5/h10,16H,6-9H2,1-5H3/p+1. The summed E-state index contributed by atoms with van der Waals surface area (Å²) in [6.45, 7) is 4.62. The van der Waals surface area contributed by atoms with Gasteiger partial charge in [0.25, 0.3) is 0 Å². The van der Waals surface area contributed by atoms with E-state index in [2.05, 4.69) is 13.8 Å². The summed E-state index contributed by atoms with van der Waals surface area (Å²) in [5, 5.41) is 19.2. The van der Waals surface area contributed by atoms with E-state index in [0.717, 1.165) is 6.42 Å². The number of hydrogen-bond acceptors (Lipinski definition) is 2. The lowest BCUT2D eigenvalue weighted by Crippen LogP contribution is -2.50. The van der Waals surface area contributed by atoms with Crippen LogP contribution < -0.4 is 0 Å². The number of carboxylic acids is 1. The van der Waals surface area contributed by atoms with E-state index in [4.69, 9.17) is 5.11 Å². The van der Waals surface area contributed by atoms with Crippen LogP contribution in [0.1, 0.15) is 33.1 Å². The molecule has 1 unspecified atom stereocenters. The average molecular weight is 232 g/mol. The van der Waals surface area contributed by atoms with E-state index in [1.807, 2.05) is 21.1 Å². The second-order valence-electron chi connectivity index (χ2n) is 6.18. The first-order chi connectivity index (χ1) is 7.04. The zero-order chi connectivity index (χ0) is 13.0. The van der Waals surface area contributed by atoms with Crippen LogP contribution in [0.3, 0.4) is 0 Å². The molecule has 2 N–H and O–H groups in total. The number of quaternary nitrogens is 1. The molecule has 0 radical (unpaired) electrons. The van der Waals surface area contributed by atoms with Gasteiger partial charge in [0, 0.05) is 0 Å². The third-order valence-corrected chi connectivity index (χ3v) is 2.44. The van der Waals surface area contributed by atoms with Gasteiger partial charge < -0.3 is 14.7 Å². The van der Waals surface area contributed by atoms with Crippen molar-refractivity contribution in [3.63, 3.8) is 0 Å². The highest BCUT2D eigenvalue weighted by molar-refractivity contribution is 5.68. The van der Waals surface area contributed by atoms with Gasteiger partial charge in [-0.3, -0.25) is 4.79 Å². The maximum absolute atomic E-state index is 10.8. The number of nitrogens with zero attached hydrogens (tertiary/aromatic N) is 1. The molecule has 4 heteroatoms. The lowest BCUT2D eigenvalue weighted by atomic mass is 9.89. The van der Waals surface area contributed by atoms with E-state index < -0.39 is 11.6 Å². The van der Waals surface area contributed by atoms with E-state index >= 15 is 0 Å². The predicted octanol–water partition coefficient (Wildman–Crippen LogP) is 1.33. The molecule has 0 saturated heterocycles. The van der Waals surface area contributed by atoms with Crippen LogP contribution in [0.25, 0.3) is 0 Å². The van der Waals surface area contributed by atoms with Crippen molar-refractivity contribution in [3.8, 4) is 0 Å². The molecule has 0 aliphatic heterocycles. The van der Waals surface area contributed by atoms with Gasteiger partial charge >= 0.3 is 5.97 Å². The minimum atomic E-state index is -1.09. The Bertz CT molecular complexity index is 233. The zero-order valence-corrected chi connectivity index (χ0v) is 11.2. The number of likely N-dealkylation sites (N-methyl/N-ethyl adjacent to an activating group) is 1. The van der Waals surface area contributed by atoms with Gasteiger partial charge in [-0.15, -0.1) is 0 Å². The third kappa shape index (κ3) is 7.65. The maximum atomic E-state index is 10.8. The van der Waals surface area contributed by atoms with Crippen LogP contribution in [0.4, 0.5) is 0 Å². The summed E-state index contributed by atoms with van der Waals surface area (Å²) < 4.78 is 0.571. The maximum Gasteiger partial charge on any atom is 0.306 e. The molecule has 0 fully saturated rings. The highest BCUT2D eigenvalue weighted by atomic mass is 16.4. The van der Waals surface area contributed by atoms with Crippen LogP contribution in [0.2, 0.25) is 0 Å². The number of aliphatic carboxylic acids is 1. The van der Waals surface area contributed by atoms with Crippen molar-refractivity contribution in [1.29, 1.82) is 0 Å². The van der Waals surface area contributed by atoms with Crippen molar-refractivity contribution in [2.75, 3.05) is 27.7 Å². The molecule has 0 amide bonds. The van der Waals surface area contributed by atoms with Crippen LogP contribution in [0, 0.1) is 5.92 Å². The molecule has 0 aromatic rings. The van der Waals surface area contributed by atoms with Crippen LogP contribution in [-0.4, -0.2) is 54.0 Å². The van der Waals surface area contributed by atoms with Gasteiger partial charge in [-0.05, 0) is 18.8 Å². The van der Waals surface area contributed by atoms with Crippen molar-refractivity contribution >= 4 is 5.97 Å². The van der Waals surface area contributed by atoms with Gasteiger partial charge in [0.2, 0.25) is 0 Å². The smallest absolute Gasteiger partial charge is 0.306 e. The highest BCUT2D eigenvalue weighted by Gasteiger charge is 2.35. The minimum Gasteiger partial charge on any atom is -0.481 e. The molecule has 16 heavy (non-hydrogen) atoms. The van der Waals surface area contributed by atoms with Gasteiger partial charge in [-0.2, -0.15) is 0 Å². The summed E-state index contributed by atoms with van der Waals surface area (Å²) in [6.07, 6.45) is 1.23. The molecule has 0 aliphatic rings. The van der Waals surface area contributed by atoms with Gasteiger partial charge in [-0.1, -0.05) is 13.8 Å². The van der Waals surface area contributed by atoms with E-state index in [1.54, 1.807) is 0 Å². The van der Waals surface area contributed by atoms with Crippen molar-refractivity contribution in [1.82, 2.24) is 0 Å². The predicted molar refractivity (Wildman–Crippen MR) is 64.2 cm³/mol. The van der Waals surface area contributed by atoms with Crippen LogP contribution in [0.15, 0.2) is 0 Å². The molecule has 0 heterocycles. The molecule has 1 atom stereocenters. The molecule has 0 aromatic heterocycles. The zero-order valence-electron chi connectivity index (χ0n) is 11.2. The SMILES string of the molecule is CC(C)CCC(O)(CC(=O)O)C[N+](C)(C)C. The molecule has 0 aliphatic carbocycles. The second kappa shape index (κ2) is 5.64. The molecule has 0 rings (SSSR count). The molecule has 96 valence electrons. The van der Waals surface area contributed by atoms with Gasteiger partial charge in [0.05, 0.1) is 27.6 Å². The summed E-state index contributed by atoms with van der Waals surface area (Å²) in [5.41, 5.74) is -1.09. The first-order valence-electron chi connectivity index (χ1n) is 5.79. The second-order valence-corrected chi connectivity index (χ2v) is 6.18. The average Bonchev–Trinajstić information content (AvgIpc) is 1.95. The number of carbonyl (C=O) groups is 1. The first kappa shape index (κ1) is 15.4. The number of hydrogen-bond donors (Lipinski definition) is 2. The summed E-state index contributed by atoms with van der Waals surface area (Å²) in [5.74, 6) is -0.451. The van der Waals surface area contributed by atoms with Crippen LogP contribution >= 0.6 is 0 Å². The van der Waals surface area contributed by atoms with Crippen LogP contribution in [-0.2, 0) is 4.79 Å². The minimum absolute atomic E-state index is 0.171. The third-order valence-electron chi connectivity index (χ3n) is 2.44. The van der Waals surface area contributed by atoms with E-state index in [-0.39, 0.29) is 6.42 Å².